The van der Waals surface area contributed by atoms with Crippen LogP contribution in [-0.2, 0) is 0 Å². The molecule has 0 saturated carbocycles. The smallest absolute Gasteiger partial charge is 0.255 e. The number of benzene rings is 1. The number of hydrogen-bond acceptors (Lipinski definition) is 5. The van der Waals surface area contributed by atoms with E-state index in [9.17, 15) is 0 Å². The van der Waals surface area contributed by atoms with Crippen molar-refractivity contribution in [3.8, 4) is 5.75 Å². The van der Waals surface area contributed by atoms with E-state index in [1.807, 2.05) is 18.2 Å². The standard InChI is InChI=1S/C12H9BrClN5O/c1-20-9-3-7(13)2-8(4-9)17-11-5-10(14)18-12-15-6-16-19(11)12/h2-6,17H,1H3. The van der Waals surface area contributed by atoms with Gasteiger partial charge in [0.05, 0.1) is 7.11 Å². The van der Waals surface area contributed by atoms with E-state index in [2.05, 4.69) is 36.3 Å². The minimum atomic E-state index is 0.343. The first-order valence-electron chi connectivity index (χ1n) is 5.63. The van der Waals surface area contributed by atoms with Gasteiger partial charge in [-0.05, 0) is 12.1 Å². The lowest BCUT2D eigenvalue weighted by Gasteiger charge is -2.10. The summed E-state index contributed by atoms with van der Waals surface area (Å²) in [4.78, 5) is 8.09. The van der Waals surface area contributed by atoms with Crippen molar-refractivity contribution in [2.45, 2.75) is 0 Å². The highest BCUT2D eigenvalue weighted by Crippen LogP contribution is 2.27. The van der Waals surface area contributed by atoms with Crippen LogP contribution in [0.15, 0.2) is 35.1 Å². The summed E-state index contributed by atoms with van der Waals surface area (Å²) in [7, 11) is 1.62. The van der Waals surface area contributed by atoms with E-state index >= 15 is 0 Å². The maximum absolute atomic E-state index is 5.97. The van der Waals surface area contributed by atoms with E-state index in [4.69, 9.17) is 16.3 Å². The quantitative estimate of drug-likeness (QED) is 0.731. The molecule has 3 aromatic rings. The third-order valence-corrected chi connectivity index (χ3v) is 3.25. The van der Waals surface area contributed by atoms with Crippen LogP contribution >= 0.6 is 27.5 Å². The summed E-state index contributed by atoms with van der Waals surface area (Å²) in [5.74, 6) is 1.83. The number of rotatable bonds is 3. The lowest BCUT2D eigenvalue weighted by Crippen LogP contribution is -2.01. The molecular weight excluding hydrogens is 346 g/mol. The number of halogens is 2. The van der Waals surface area contributed by atoms with Gasteiger partial charge in [0.25, 0.3) is 5.78 Å². The summed E-state index contributed by atoms with van der Waals surface area (Å²) in [5, 5.41) is 7.66. The number of ether oxygens (including phenoxy) is 1. The highest BCUT2D eigenvalue weighted by molar-refractivity contribution is 9.10. The minimum absolute atomic E-state index is 0.343. The largest absolute Gasteiger partial charge is 0.497 e. The molecule has 8 heteroatoms. The summed E-state index contributed by atoms with van der Waals surface area (Å²) in [6, 6.07) is 7.33. The molecule has 0 unspecified atom stereocenters. The first-order chi connectivity index (χ1) is 9.65. The average Bonchev–Trinajstić information content (AvgIpc) is 2.86. The molecule has 0 spiro atoms. The molecule has 0 aliphatic carbocycles. The molecule has 2 aromatic heterocycles. The predicted molar refractivity (Wildman–Crippen MR) is 79.8 cm³/mol. The van der Waals surface area contributed by atoms with Gasteiger partial charge in [0.1, 0.15) is 23.0 Å². The summed E-state index contributed by atoms with van der Waals surface area (Å²) in [6.07, 6.45) is 1.42. The fourth-order valence-corrected chi connectivity index (χ4v) is 2.42. The lowest BCUT2D eigenvalue weighted by atomic mass is 10.3. The van der Waals surface area contributed by atoms with E-state index in [1.54, 1.807) is 17.7 Å². The Kier molecular flexibility index (Phi) is 3.45. The Hall–Kier alpha value is -1.86. The van der Waals surface area contributed by atoms with E-state index < -0.39 is 0 Å². The van der Waals surface area contributed by atoms with Crippen LogP contribution in [0.25, 0.3) is 5.78 Å². The van der Waals surface area contributed by atoms with Crippen LogP contribution in [0, 0.1) is 0 Å². The summed E-state index contributed by atoms with van der Waals surface area (Å²) >= 11 is 9.40. The second kappa shape index (κ2) is 5.26. The van der Waals surface area contributed by atoms with Crippen LogP contribution in [0.5, 0.6) is 5.75 Å². The van der Waals surface area contributed by atoms with Gasteiger partial charge in [-0.15, -0.1) is 0 Å². The fourth-order valence-electron chi connectivity index (χ4n) is 1.77. The van der Waals surface area contributed by atoms with Crippen LogP contribution in [0.3, 0.4) is 0 Å². The molecular formula is C12H9BrClN5O. The van der Waals surface area contributed by atoms with Crippen LogP contribution in [0.1, 0.15) is 0 Å². The number of nitrogens with zero attached hydrogens (tertiary/aromatic N) is 4. The van der Waals surface area contributed by atoms with Crippen molar-refractivity contribution in [2.24, 2.45) is 0 Å². The van der Waals surface area contributed by atoms with Crippen molar-refractivity contribution >= 4 is 44.8 Å². The van der Waals surface area contributed by atoms with Crippen LogP contribution in [0.2, 0.25) is 5.15 Å². The zero-order chi connectivity index (χ0) is 14.1. The van der Waals surface area contributed by atoms with Gasteiger partial charge >= 0.3 is 0 Å². The normalized spacial score (nSPS) is 10.8. The highest BCUT2D eigenvalue weighted by atomic mass is 79.9. The summed E-state index contributed by atoms with van der Waals surface area (Å²) < 4.78 is 7.69. The molecule has 102 valence electrons. The van der Waals surface area contributed by atoms with Crippen LogP contribution < -0.4 is 10.1 Å². The number of aromatic nitrogens is 4. The molecule has 20 heavy (non-hydrogen) atoms. The molecule has 1 N–H and O–H groups in total. The highest BCUT2D eigenvalue weighted by Gasteiger charge is 2.08. The number of methoxy groups -OCH3 is 1. The summed E-state index contributed by atoms with van der Waals surface area (Å²) in [5.41, 5.74) is 0.829. The molecule has 0 amide bonds. The molecule has 0 radical (unpaired) electrons. The van der Waals surface area contributed by atoms with Gasteiger partial charge in [-0.25, -0.2) is 0 Å². The van der Waals surface area contributed by atoms with E-state index in [-0.39, 0.29) is 0 Å². The van der Waals surface area contributed by atoms with Crippen molar-refractivity contribution in [3.63, 3.8) is 0 Å². The Balaban J connectivity index is 2.04. The van der Waals surface area contributed by atoms with Crippen LogP contribution in [-0.4, -0.2) is 26.7 Å². The van der Waals surface area contributed by atoms with E-state index in [0.717, 1.165) is 15.9 Å². The fraction of sp³-hybridized carbons (Fsp3) is 0.0833. The van der Waals surface area contributed by atoms with Crippen molar-refractivity contribution in [1.29, 1.82) is 0 Å². The Morgan fingerprint density at radius 3 is 2.95 bits per heavy atom. The molecule has 0 atom stereocenters. The maximum atomic E-state index is 5.97. The van der Waals surface area contributed by atoms with Crippen LogP contribution in [0.4, 0.5) is 11.5 Å². The van der Waals surface area contributed by atoms with Crippen molar-refractivity contribution in [2.75, 3.05) is 12.4 Å². The molecule has 0 fully saturated rings. The minimum Gasteiger partial charge on any atom is -0.497 e. The average molecular weight is 355 g/mol. The van der Waals surface area contributed by atoms with Crippen molar-refractivity contribution in [3.05, 3.63) is 40.2 Å². The molecule has 0 aliphatic heterocycles. The number of nitrogens with one attached hydrogen (secondary N) is 1. The predicted octanol–water partition coefficient (Wildman–Crippen LogP) is 3.29. The first kappa shape index (κ1) is 13.1. The lowest BCUT2D eigenvalue weighted by molar-refractivity contribution is 0.415. The molecule has 1 aromatic carbocycles. The van der Waals surface area contributed by atoms with Crippen molar-refractivity contribution < 1.29 is 4.74 Å². The topological polar surface area (TPSA) is 64.3 Å². The zero-order valence-corrected chi connectivity index (χ0v) is 12.7. The van der Waals surface area contributed by atoms with Gasteiger partial charge in [0.15, 0.2) is 0 Å². The third-order valence-electron chi connectivity index (χ3n) is 2.60. The Morgan fingerprint density at radius 2 is 2.15 bits per heavy atom. The zero-order valence-electron chi connectivity index (χ0n) is 10.3. The monoisotopic (exact) mass is 353 g/mol. The SMILES string of the molecule is COc1cc(Br)cc(Nc2cc(Cl)nc3ncnn23)c1. The van der Waals surface area contributed by atoms with Gasteiger partial charge in [0.2, 0.25) is 0 Å². The van der Waals surface area contributed by atoms with Crippen molar-refractivity contribution in [1.82, 2.24) is 19.6 Å². The van der Waals surface area contributed by atoms with Gasteiger partial charge in [0, 0.05) is 22.3 Å². The Bertz CT molecular complexity index is 776. The summed E-state index contributed by atoms with van der Waals surface area (Å²) in [6.45, 7) is 0. The number of fused-ring (bicyclic) bond motifs is 1. The molecule has 6 nitrogen and oxygen atoms in total. The Labute approximate surface area is 127 Å². The first-order valence-corrected chi connectivity index (χ1v) is 6.81. The number of hydrogen-bond donors (Lipinski definition) is 1. The molecule has 0 aliphatic rings. The van der Waals surface area contributed by atoms with Gasteiger partial charge in [-0.2, -0.15) is 19.6 Å². The van der Waals surface area contributed by atoms with Gasteiger partial charge in [-0.1, -0.05) is 27.5 Å². The second-order valence-electron chi connectivity index (χ2n) is 3.94. The molecule has 3 rings (SSSR count). The Morgan fingerprint density at radius 1 is 1.30 bits per heavy atom. The van der Waals surface area contributed by atoms with Gasteiger partial charge in [-0.3, -0.25) is 0 Å². The maximum Gasteiger partial charge on any atom is 0.255 e. The van der Waals surface area contributed by atoms with Gasteiger partial charge < -0.3 is 10.1 Å². The molecule has 2 heterocycles. The molecule has 0 bridgehead atoms. The third kappa shape index (κ3) is 2.54. The second-order valence-corrected chi connectivity index (χ2v) is 5.24. The van der Waals surface area contributed by atoms with E-state index in [0.29, 0.717) is 16.7 Å². The number of anilines is 2. The van der Waals surface area contributed by atoms with E-state index in [1.165, 1.54) is 6.33 Å². The molecule has 0 saturated heterocycles.